The summed E-state index contributed by atoms with van der Waals surface area (Å²) >= 11 is 7.96. The van der Waals surface area contributed by atoms with Crippen LogP contribution >= 0.6 is 22.9 Å². The van der Waals surface area contributed by atoms with Gasteiger partial charge in [0.25, 0.3) is 5.91 Å². The maximum atomic E-state index is 13.1. The summed E-state index contributed by atoms with van der Waals surface area (Å²) < 4.78 is 14.9. The third-order valence-electron chi connectivity index (χ3n) is 13.3. The van der Waals surface area contributed by atoms with Crippen molar-refractivity contribution in [2.45, 2.75) is 109 Å². The third kappa shape index (κ3) is 7.04. The lowest BCUT2D eigenvalue weighted by molar-refractivity contribution is -0.0311. The Morgan fingerprint density at radius 1 is 0.881 bits per heavy atom. The predicted octanol–water partition coefficient (Wildman–Crippen LogP) is 8.36. The van der Waals surface area contributed by atoms with E-state index in [9.17, 15) is 4.79 Å². The second-order valence-electron chi connectivity index (χ2n) is 17.1. The molecule has 14 heteroatoms. The molecule has 4 fully saturated rings. The van der Waals surface area contributed by atoms with Gasteiger partial charge in [-0.1, -0.05) is 11.6 Å². The van der Waals surface area contributed by atoms with Gasteiger partial charge in [0.05, 0.1) is 28.5 Å². The molecular formula is C45H46ClN9O3S. The minimum atomic E-state index is -0.294. The summed E-state index contributed by atoms with van der Waals surface area (Å²) in [5.74, 6) is 4.05. The van der Waals surface area contributed by atoms with Crippen LogP contribution in [0.1, 0.15) is 113 Å². The van der Waals surface area contributed by atoms with E-state index >= 15 is 0 Å². The van der Waals surface area contributed by atoms with Gasteiger partial charge in [0.1, 0.15) is 33.9 Å². The van der Waals surface area contributed by atoms with Gasteiger partial charge in [-0.05, 0) is 144 Å². The topological polar surface area (TPSA) is 143 Å². The van der Waals surface area contributed by atoms with Crippen molar-refractivity contribution in [3.8, 4) is 22.6 Å². The molecule has 1 amide bonds. The fourth-order valence-electron chi connectivity index (χ4n) is 9.48. The number of benzene rings is 2. The number of halogens is 1. The van der Waals surface area contributed by atoms with Gasteiger partial charge in [-0.15, -0.1) is 31.7 Å². The van der Waals surface area contributed by atoms with E-state index in [-0.39, 0.29) is 29.7 Å². The molecule has 0 unspecified atom stereocenters. The minimum Gasteiger partial charge on any atom is -0.490 e. The Morgan fingerprint density at radius 3 is 2.29 bits per heavy atom. The summed E-state index contributed by atoms with van der Waals surface area (Å²) in [6.45, 7) is 8.23. The molecular weight excluding hydrogens is 782 g/mol. The van der Waals surface area contributed by atoms with E-state index in [1.807, 2.05) is 13.0 Å². The average molecular weight is 828 g/mol. The van der Waals surface area contributed by atoms with E-state index < -0.39 is 0 Å². The van der Waals surface area contributed by atoms with Gasteiger partial charge in [-0.3, -0.25) is 14.4 Å². The van der Waals surface area contributed by atoms with Gasteiger partial charge in [-0.2, -0.15) is 5.26 Å². The van der Waals surface area contributed by atoms with Crippen molar-refractivity contribution in [1.82, 2.24) is 30.3 Å². The lowest BCUT2D eigenvalue weighted by Gasteiger charge is -2.51. The van der Waals surface area contributed by atoms with Crippen LogP contribution in [0.2, 0.25) is 5.02 Å². The van der Waals surface area contributed by atoms with Crippen LogP contribution in [0.3, 0.4) is 0 Å². The Labute approximate surface area is 352 Å². The summed E-state index contributed by atoms with van der Waals surface area (Å²) in [4.78, 5) is 22.1. The zero-order chi connectivity index (χ0) is 40.5. The van der Waals surface area contributed by atoms with Crippen LogP contribution in [-0.4, -0.2) is 67.9 Å². The summed E-state index contributed by atoms with van der Waals surface area (Å²) in [6, 6.07) is 19.5. The van der Waals surface area contributed by atoms with Crippen molar-refractivity contribution in [1.29, 1.82) is 5.26 Å². The van der Waals surface area contributed by atoms with E-state index in [0.717, 1.165) is 112 Å². The van der Waals surface area contributed by atoms with Crippen LogP contribution in [0.5, 0.6) is 11.5 Å². The number of nitrogens with one attached hydrogen (secondary N) is 1. The first-order valence-corrected chi connectivity index (χ1v) is 21.9. The Hall–Kier alpha value is -5.32. The number of piperidine rings is 1. The smallest absolute Gasteiger partial charge is 0.272 e. The Morgan fingerprint density at radius 2 is 1.61 bits per heavy atom. The van der Waals surface area contributed by atoms with Crippen LogP contribution in [-0.2, 0) is 5.54 Å². The molecule has 2 aromatic carbocycles. The molecule has 0 radical (unpaired) electrons. The number of rotatable bonds is 8. The van der Waals surface area contributed by atoms with E-state index in [1.165, 1.54) is 21.0 Å². The maximum Gasteiger partial charge on any atom is 0.272 e. The van der Waals surface area contributed by atoms with Crippen molar-refractivity contribution in [2.75, 3.05) is 18.0 Å². The first-order valence-electron chi connectivity index (χ1n) is 20.8. The van der Waals surface area contributed by atoms with Crippen LogP contribution in [0, 0.1) is 37.5 Å². The molecule has 302 valence electrons. The number of hydrogen-bond acceptors (Lipinski definition) is 11. The number of ether oxygens (including phenoxy) is 2. The Kier molecular flexibility index (Phi) is 9.48. The maximum absolute atomic E-state index is 13.1. The Balaban J connectivity index is 0.697. The minimum absolute atomic E-state index is 0.0365. The molecule has 0 bridgehead atoms. The molecule has 10 rings (SSSR count). The predicted molar refractivity (Wildman–Crippen MR) is 226 cm³/mol. The molecule has 3 aromatic heterocycles. The van der Waals surface area contributed by atoms with Crippen molar-refractivity contribution in [3.63, 3.8) is 0 Å². The fraction of sp³-hybridized carbons (Fsp3) is 0.444. The number of fused-ring (bicyclic) bond motifs is 4. The highest BCUT2D eigenvalue weighted by Crippen LogP contribution is 2.53. The zero-order valence-corrected chi connectivity index (χ0v) is 35.1. The highest BCUT2D eigenvalue weighted by molar-refractivity contribution is 7.15. The number of nitrogens with zero attached hydrogens (tertiary/aromatic N) is 8. The second-order valence-corrected chi connectivity index (χ2v) is 18.7. The third-order valence-corrected chi connectivity index (χ3v) is 14.8. The number of anilines is 1. The molecule has 0 atom stereocenters. The quantitative estimate of drug-likeness (QED) is 0.163. The normalized spacial score (nSPS) is 21.4. The molecule has 2 aliphatic heterocycles. The van der Waals surface area contributed by atoms with Crippen LogP contribution in [0.4, 0.5) is 5.82 Å². The van der Waals surface area contributed by atoms with Crippen LogP contribution in [0.25, 0.3) is 5.00 Å². The van der Waals surface area contributed by atoms with Crippen molar-refractivity contribution in [3.05, 3.63) is 104 Å². The van der Waals surface area contributed by atoms with Gasteiger partial charge in [0.15, 0.2) is 17.3 Å². The number of hydrogen-bond donors (Lipinski definition) is 1. The van der Waals surface area contributed by atoms with Crippen molar-refractivity contribution >= 4 is 40.4 Å². The van der Waals surface area contributed by atoms with Gasteiger partial charge in [0.2, 0.25) is 0 Å². The summed E-state index contributed by atoms with van der Waals surface area (Å²) in [6.07, 6.45) is 9.71. The van der Waals surface area contributed by atoms with Crippen molar-refractivity contribution in [2.24, 2.45) is 10.4 Å². The van der Waals surface area contributed by atoms with Gasteiger partial charge < -0.3 is 19.7 Å². The molecule has 3 saturated carbocycles. The molecule has 3 aliphatic carbocycles. The largest absolute Gasteiger partial charge is 0.490 e. The van der Waals surface area contributed by atoms with Crippen molar-refractivity contribution < 1.29 is 14.3 Å². The van der Waals surface area contributed by atoms with E-state index in [1.54, 1.807) is 35.6 Å². The standard InChI is InChI=1S/C45H46ClN9O3S/c1-26-27(2)59-42-39(26)40(49-45(16-17-45)43-53-50-28(3)55(42)43)29-4-9-32(10-5-29)58-35-23-44(24-35)18-20-54(21-19-44)38-15-14-37(51-52-38)41(56)48-31-7-12-33(13-8-31)57-34-11-6-30(25-47)36(46)22-34/h4-6,9-11,14-15,22,31,33,35H,7-8,12-13,16-21,23-24H2,1-3H3,(H,48,56)/t31-,33-. The first-order chi connectivity index (χ1) is 28.6. The lowest BCUT2D eigenvalue weighted by Crippen LogP contribution is -2.51. The summed E-state index contributed by atoms with van der Waals surface area (Å²) in [5, 5.41) is 31.7. The molecule has 5 heterocycles. The van der Waals surface area contributed by atoms with Crippen LogP contribution in [0.15, 0.2) is 59.6 Å². The molecule has 2 spiro atoms. The number of carbonyl (C=O) groups is 1. The lowest BCUT2D eigenvalue weighted by atomic mass is 9.61. The molecule has 59 heavy (non-hydrogen) atoms. The summed E-state index contributed by atoms with van der Waals surface area (Å²) in [7, 11) is 0. The number of carbonyl (C=O) groups excluding carboxylic acids is 1. The first kappa shape index (κ1) is 37.9. The van der Waals surface area contributed by atoms with Gasteiger partial charge in [0, 0.05) is 41.2 Å². The van der Waals surface area contributed by atoms with E-state index in [4.69, 9.17) is 31.3 Å². The molecule has 5 aliphatic rings. The fourth-order valence-corrected chi connectivity index (χ4v) is 10.9. The summed E-state index contributed by atoms with van der Waals surface area (Å²) in [5.41, 5.74) is 5.37. The van der Waals surface area contributed by atoms with Gasteiger partial charge in [-0.25, -0.2) is 0 Å². The SMILES string of the molecule is Cc1sc2c(c1C)C(c1ccc(OC3CC4(CCN(c5ccc(C(=O)N[C@H]6CC[C@H](Oc7ccc(C#N)c(Cl)c7)CC6)nn5)CC4)C3)cc1)=NC1(CC1)c1nnc(C)n1-2. The number of aromatic nitrogens is 5. The molecule has 1 N–H and O–H groups in total. The number of aliphatic imine (C=N–C) groups is 1. The van der Waals surface area contributed by atoms with E-state index in [2.05, 4.69) is 79.4 Å². The monoisotopic (exact) mass is 827 g/mol. The van der Waals surface area contributed by atoms with Gasteiger partial charge >= 0.3 is 0 Å². The Bertz CT molecular complexity index is 2500. The number of aryl methyl sites for hydroxylation is 2. The highest BCUT2D eigenvalue weighted by atomic mass is 35.5. The molecule has 12 nitrogen and oxygen atoms in total. The average Bonchev–Trinajstić information content (AvgIpc) is 3.85. The number of thiophene rings is 1. The zero-order valence-electron chi connectivity index (χ0n) is 33.5. The molecule has 5 aromatic rings. The highest BCUT2D eigenvalue weighted by Gasteiger charge is 2.52. The number of amides is 1. The number of nitriles is 1. The molecule has 1 saturated heterocycles. The van der Waals surface area contributed by atoms with E-state index in [0.29, 0.717) is 27.4 Å². The second kappa shape index (κ2) is 14.7. The van der Waals surface area contributed by atoms with Crippen LogP contribution < -0.4 is 19.7 Å².